The summed E-state index contributed by atoms with van der Waals surface area (Å²) < 4.78 is 26.4. The van der Waals surface area contributed by atoms with E-state index in [2.05, 4.69) is 5.32 Å². The van der Waals surface area contributed by atoms with Crippen LogP contribution in [0, 0.1) is 11.6 Å². The van der Waals surface area contributed by atoms with Gasteiger partial charge in [-0.2, -0.15) is 0 Å². The van der Waals surface area contributed by atoms with Gasteiger partial charge in [0.05, 0.1) is 0 Å². The summed E-state index contributed by atoms with van der Waals surface area (Å²) in [6, 6.07) is 8.64. The number of halogens is 2. The number of benzene rings is 2. The fourth-order valence-electron chi connectivity index (χ4n) is 2.33. The van der Waals surface area contributed by atoms with Crippen molar-refractivity contribution < 1.29 is 13.6 Å². The summed E-state index contributed by atoms with van der Waals surface area (Å²) in [6.45, 7) is 0.590. The second kappa shape index (κ2) is 4.46. The van der Waals surface area contributed by atoms with Crippen molar-refractivity contribution in [2.75, 3.05) is 6.54 Å². The molecule has 4 heteroatoms. The van der Waals surface area contributed by atoms with Crippen molar-refractivity contribution in [1.29, 1.82) is 0 Å². The first-order valence-corrected chi connectivity index (χ1v) is 6.01. The van der Waals surface area contributed by atoms with Gasteiger partial charge in [0.25, 0.3) is 5.91 Å². The Morgan fingerprint density at radius 1 is 0.947 bits per heavy atom. The van der Waals surface area contributed by atoms with Crippen LogP contribution in [0.4, 0.5) is 8.78 Å². The number of fused-ring (bicyclic) bond motifs is 1. The average molecular weight is 259 g/mol. The van der Waals surface area contributed by atoms with Gasteiger partial charge in [-0.1, -0.05) is 12.1 Å². The van der Waals surface area contributed by atoms with Gasteiger partial charge >= 0.3 is 0 Å². The highest BCUT2D eigenvalue weighted by molar-refractivity contribution is 5.97. The van der Waals surface area contributed by atoms with Crippen molar-refractivity contribution in [2.45, 2.75) is 6.42 Å². The topological polar surface area (TPSA) is 29.1 Å². The lowest BCUT2D eigenvalue weighted by Gasteiger charge is -2.17. The van der Waals surface area contributed by atoms with E-state index in [0.717, 1.165) is 18.1 Å². The molecular weight excluding hydrogens is 248 g/mol. The summed E-state index contributed by atoms with van der Waals surface area (Å²) in [4.78, 5) is 11.6. The van der Waals surface area contributed by atoms with E-state index in [4.69, 9.17) is 0 Å². The third-order valence-corrected chi connectivity index (χ3v) is 3.23. The molecule has 2 aromatic carbocycles. The minimum Gasteiger partial charge on any atom is -0.352 e. The first-order valence-electron chi connectivity index (χ1n) is 6.01. The van der Waals surface area contributed by atoms with Gasteiger partial charge in [-0.25, -0.2) is 8.78 Å². The van der Waals surface area contributed by atoms with E-state index in [1.807, 2.05) is 6.07 Å². The molecule has 0 aliphatic carbocycles. The van der Waals surface area contributed by atoms with E-state index < -0.39 is 11.6 Å². The molecule has 1 aliphatic rings. The summed E-state index contributed by atoms with van der Waals surface area (Å²) in [7, 11) is 0. The minimum atomic E-state index is -0.606. The van der Waals surface area contributed by atoms with Crippen LogP contribution in [-0.2, 0) is 6.42 Å². The van der Waals surface area contributed by atoms with Gasteiger partial charge in [-0.3, -0.25) is 4.79 Å². The van der Waals surface area contributed by atoms with Crippen LogP contribution in [0.2, 0.25) is 0 Å². The fraction of sp³-hybridized carbons (Fsp3) is 0.133. The van der Waals surface area contributed by atoms with Gasteiger partial charge < -0.3 is 5.32 Å². The van der Waals surface area contributed by atoms with E-state index in [-0.39, 0.29) is 5.91 Å². The lowest BCUT2D eigenvalue weighted by atomic mass is 9.95. The lowest BCUT2D eigenvalue weighted by Crippen LogP contribution is -2.31. The smallest absolute Gasteiger partial charge is 0.251 e. The fourth-order valence-corrected chi connectivity index (χ4v) is 2.33. The maximum Gasteiger partial charge on any atom is 0.251 e. The maximum absolute atomic E-state index is 13.2. The third kappa shape index (κ3) is 2.21. The largest absolute Gasteiger partial charge is 0.352 e. The third-order valence-electron chi connectivity index (χ3n) is 3.23. The molecule has 0 saturated carbocycles. The number of hydrogen-bond donors (Lipinski definition) is 1. The quantitative estimate of drug-likeness (QED) is 0.838. The number of amides is 1. The van der Waals surface area contributed by atoms with Crippen LogP contribution in [0.1, 0.15) is 15.9 Å². The Bertz CT molecular complexity index is 647. The van der Waals surface area contributed by atoms with E-state index in [1.54, 1.807) is 12.1 Å². The molecule has 0 fully saturated rings. The van der Waals surface area contributed by atoms with Crippen LogP contribution in [0.5, 0.6) is 0 Å². The molecule has 19 heavy (non-hydrogen) atoms. The van der Waals surface area contributed by atoms with Gasteiger partial charge in [0.15, 0.2) is 0 Å². The molecule has 96 valence electrons. The zero-order valence-electron chi connectivity index (χ0n) is 10.0. The summed E-state index contributed by atoms with van der Waals surface area (Å²) in [5, 5.41) is 2.76. The van der Waals surface area contributed by atoms with Crippen LogP contribution in [0.15, 0.2) is 36.4 Å². The van der Waals surface area contributed by atoms with E-state index in [1.165, 1.54) is 12.1 Å². The molecule has 1 aliphatic heterocycles. The highest BCUT2D eigenvalue weighted by atomic mass is 19.1. The van der Waals surface area contributed by atoms with Gasteiger partial charge in [0.1, 0.15) is 11.6 Å². The first-order chi connectivity index (χ1) is 9.13. The van der Waals surface area contributed by atoms with Gasteiger partial charge in [-0.05, 0) is 41.3 Å². The SMILES string of the molecule is O=C1NCCc2cc(-c3cc(F)cc(F)c3)ccc21. The Balaban J connectivity index is 2.09. The average Bonchev–Trinajstić information content (AvgIpc) is 2.37. The monoisotopic (exact) mass is 259 g/mol. The Morgan fingerprint density at radius 2 is 1.68 bits per heavy atom. The van der Waals surface area contributed by atoms with Gasteiger partial charge in [0.2, 0.25) is 0 Å². The molecule has 0 saturated heterocycles. The standard InChI is InChI=1S/C15H11F2NO/c16-12-6-11(7-13(17)8-12)9-1-2-14-10(5-9)3-4-18-15(14)19/h1-2,5-8H,3-4H2,(H,18,19). The van der Waals surface area contributed by atoms with E-state index in [9.17, 15) is 13.6 Å². The molecule has 1 N–H and O–H groups in total. The maximum atomic E-state index is 13.2. The molecular formula is C15H11F2NO. The first kappa shape index (κ1) is 11.8. The Labute approximate surface area is 109 Å². The van der Waals surface area contributed by atoms with E-state index in [0.29, 0.717) is 23.2 Å². The highest BCUT2D eigenvalue weighted by Gasteiger charge is 2.17. The molecule has 0 bridgehead atoms. The van der Waals surface area contributed by atoms with Crippen LogP contribution < -0.4 is 5.32 Å². The van der Waals surface area contributed by atoms with Crippen molar-refractivity contribution >= 4 is 5.91 Å². The molecule has 0 spiro atoms. The summed E-state index contributed by atoms with van der Waals surface area (Å²) in [5.74, 6) is -1.31. The second-order valence-corrected chi connectivity index (χ2v) is 4.54. The molecule has 2 aromatic rings. The van der Waals surface area contributed by atoms with Gasteiger partial charge in [-0.15, -0.1) is 0 Å². The van der Waals surface area contributed by atoms with Crippen molar-refractivity contribution in [2.24, 2.45) is 0 Å². The Kier molecular flexibility index (Phi) is 2.78. The predicted molar refractivity (Wildman–Crippen MR) is 67.8 cm³/mol. The van der Waals surface area contributed by atoms with Crippen molar-refractivity contribution in [3.05, 3.63) is 59.2 Å². The van der Waals surface area contributed by atoms with Crippen LogP contribution in [0.25, 0.3) is 11.1 Å². The van der Waals surface area contributed by atoms with Crippen molar-refractivity contribution in [3.63, 3.8) is 0 Å². The van der Waals surface area contributed by atoms with Crippen LogP contribution >= 0.6 is 0 Å². The Morgan fingerprint density at radius 3 is 2.42 bits per heavy atom. The number of carbonyl (C=O) groups is 1. The molecule has 2 nitrogen and oxygen atoms in total. The molecule has 0 aromatic heterocycles. The number of hydrogen-bond acceptors (Lipinski definition) is 1. The van der Waals surface area contributed by atoms with Crippen molar-refractivity contribution in [3.8, 4) is 11.1 Å². The van der Waals surface area contributed by atoms with Crippen LogP contribution in [-0.4, -0.2) is 12.5 Å². The highest BCUT2D eigenvalue weighted by Crippen LogP contribution is 2.25. The summed E-state index contributed by atoms with van der Waals surface area (Å²) in [5.41, 5.74) is 2.73. The molecule has 3 rings (SSSR count). The molecule has 0 unspecified atom stereocenters. The number of carbonyl (C=O) groups excluding carboxylic acids is 1. The van der Waals surface area contributed by atoms with Gasteiger partial charge in [0, 0.05) is 18.2 Å². The lowest BCUT2D eigenvalue weighted by molar-refractivity contribution is 0.0946. The minimum absolute atomic E-state index is 0.0989. The molecule has 1 heterocycles. The van der Waals surface area contributed by atoms with Crippen molar-refractivity contribution in [1.82, 2.24) is 5.32 Å². The Hall–Kier alpha value is -2.23. The molecule has 0 atom stereocenters. The van der Waals surface area contributed by atoms with E-state index >= 15 is 0 Å². The number of nitrogens with one attached hydrogen (secondary N) is 1. The molecule has 0 radical (unpaired) electrons. The number of rotatable bonds is 1. The zero-order valence-corrected chi connectivity index (χ0v) is 10.0. The zero-order chi connectivity index (χ0) is 13.4. The van der Waals surface area contributed by atoms with Crippen LogP contribution in [0.3, 0.4) is 0 Å². The second-order valence-electron chi connectivity index (χ2n) is 4.54. The summed E-state index contributed by atoms with van der Waals surface area (Å²) in [6.07, 6.45) is 0.729. The molecule has 1 amide bonds. The normalized spacial score (nSPS) is 13.9. The predicted octanol–water partition coefficient (Wildman–Crippen LogP) is 2.92. The summed E-state index contributed by atoms with van der Waals surface area (Å²) >= 11 is 0.